The fourth-order valence-corrected chi connectivity index (χ4v) is 4.95. The Morgan fingerprint density at radius 3 is 2.56 bits per heavy atom. The van der Waals surface area contributed by atoms with Gasteiger partial charge in [-0.1, -0.05) is 41.6 Å². The first-order chi connectivity index (χ1) is 17.4. The first-order valence-corrected chi connectivity index (χ1v) is 12.0. The molecule has 1 unspecified atom stereocenters. The van der Waals surface area contributed by atoms with Gasteiger partial charge in [0.15, 0.2) is 10.9 Å². The number of thioether (sulfide) groups is 1. The fraction of sp³-hybridized carbons (Fsp3) is 0.115. The zero-order valence-corrected chi connectivity index (χ0v) is 20.0. The lowest BCUT2D eigenvalue weighted by Crippen LogP contribution is -2.33. The van der Waals surface area contributed by atoms with E-state index in [1.807, 2.05) is 25.1 Å². The van der Waals surface area contributed by atoms with Crippen LogP contribution in [0.25, 0.3) is 0 Å². The molecule has 3 aromatic rings. The minimum Gasteiger partial charge on any atom is -0.508 e. The summed E-state index contributed by atoms with van der Waals surface area (Å²) in [6.45, 7) is 1.91. The number of benzene rings is 3. The second-order valence-electron chi connectivity index (χ2n) is 8.25. The number of fused-ring (bicyclic) bond motifs is 1. The Morgan fingerprint density at radius 2 is 1.81 bits per heavy atom. The van der Waals surface area contributed by atoms with E-state index in [1.54, 1.807) is 42.5 Å². The van der Waals surface area contributed by atoms with Crippen LogP contribution in [0.1, 0.15) is 17.5 Å². The molecule has 0 spiro atoms. The van der Waals surface area contributed by atoms with Gasteiger partial charge in [-0.15, -0.1) is 10.2 Å². The molecular formula is C26H21N5O4S. The van der Waals surface area contributed by atoms with Crippen molar-refractivity contribution in [2.75, 3.05) is 15.5 Å². The molecule has 2 aliphatic rings. The molecule has 0 radical (unpaired) electrons. The molecule has 3 aromatic carbocycles. The molecule has 1 atom stereocenters. The van der Waals surface area contributed by atoms with E-state index in [0.29, 0.717) is 22.6 Å². The minimum atomic E-state index is -0.742. The van der Waals surface area contributed by atoms with Crippen molar-refractivity contribution in [2.45, 2.75) is 18.6 Å². The van der Waals surface area contributed by atoms with E-state index >= 15 is 0 Å². The van der Waals surface area contributed by atoms with E-state index in [4.69, 9.17) is 0 Å². The van der Waals surface area contributed by atoms with Crippen molar-refractivity contribution < 1.29 is 19.5 Å². The van der Waals surface area contributed by atoms with Gasteiger partial charge in [0.25, 0.3) is 5.91 Å². The predicted molar refractivity (Wildman–Crippen MR) is 140 cm³/mol. The van der Waals surface area contributed by atoms with Crippen molar-refractivity contribution >= 4 is 57.4 Å². The highest BCUT2D eigenvalue weighted by Crippen LogP contribution is 2.35. The normalized spacial score (nSPS) is 19.0. The van der Waals surface area contributed by atoms with Crippen LogP contribution in [0.15, 0.2) is 83.0 Å². The van der Waals surface area contributed by atoms with Gasteiger partial charge in [-0.05, 0) is 55.5 Å². The van der Waals surface area contributed by atoms with Crippen molar-refractivity contribution in [1.82, 2.24) is 0 Å². The Hall–Kier alpha value is -4.44. The number of phenols is 1. The number of carbonyl (C=O) groups excluding carboxylic acids is 3. The molecule has 1 saturated heterocycles. The topological polar surface area (TPSA) is 123 Å². The highest BCUT2D eigenvalue weighted by molar-refractivity contribution is 8.16. The molecule has 2 aliphatic heterocycles. The third-order valence-corrected chi connectivity index (χ3v) is 6.73. The first-order valence-electron chi connectivity index (χ1n) is 11.1. The number of para-hydroxylation sites is 1. The van der Waals surface area contributed by atoms with Crippen LogP contribution in [0.2, 0.25) is 0 Å². The molecule has 9 nitrogen and oxygen atoms in total. The summed E-state index contributed by atoms with van der Waals surface area (Å²) >= 11 is 1.10. The summed E-state index contributed by atoms with van der Waals surface area (Å²) in [6.07, 6.45) is -0.0783. The van der Waals surface area contributed by atoms with Gasteiger partial charge in [0.2, 0.25) is 11.8 Å². The van der Waals surface area contributed by atoms with Gasteiger partial charge in [-0.25, -0.2) is 0 Å². The van der Waals surface area contributed by atoms with E-state index in [1.165, 1.54) is 17.0 Å². The molecule has 2 heterocycles. The molecule has 3 amide bonds. The van der Waals surface area contributed by atoms with Gasteiger partial charge in [-0.2, -0.15) is 0 Å². The quantitative estimate of drug-likeness (QED) is 0.460. The van der Waals surface area contributed by atoms with Crippen LogP contribution < -0.4 is 15.5 Å². The molecule has 10 heteroatoms. The molecular weight excluding hydrogens is 478 g/mol. The van der Waals surface area contributed by atoms with Gasteiger partial charge in [0.05, 0.1) is 11.4 Å². The maximum absolute atomic E-state index is 13.3. The number of carbonyl (C=O) groups is 3. The summed E-state index contributed by atoms with van der Waals surface area (Å²) in [5.41, 5.74) is 3.48. The SMILES string of the molecule is Cc1ccc2c(c1)/C(=N/N=C1SC(CC(=O)Nc3ccccc3)C(=O)N1c1ccc(O)cc1)C(=O)N2. The molecule has 3 N–H and O–H groups in total. The largest absolute Gasteiger partial charge is 0.508 e. The van der Waals surface area contributed by atoms with Crippen LogP contribution >= 0.6 is 11.8 Å². The molecule has 5 rings (SSSR count). The molecule has 0 saturated carbocycles. The number of amidine groups is 1. The summed E-state index contributed by atoms with van der Waals surface area (Å²) in [7, 11) is 0. The Balaban J connectivity index is 1.45. The number of anilines is 3. The minimum absolute atomic E-state index is 0.0465. The van der Waals surface area contributed by atoms with Gasteiger partial charge in [0, 0.05) is 17.7 Å². The number of hydrogen-bond acceptors (Lipinski definition) is 7. The number of aryl methyl sites for hydroxylation is 1. The monoisotopic (exact) mass is 499 g/mol. The number of phenolic OH excluding ortho intramolecular Hbond substituents is 1. The lowest BCUT2D eigenvalue weighted by atomic mass is 10.1. The number of hydrogen-bond donors (Lipinski definition) is 3. The van der Waals surface area contributed by atoms with Gasteiger partial charge in [-0.3, -0.25) is 19.3 Å². The van der Waals surface area contributed by atoms with Crippen LogP contribution in [-0.4, -0.2) is 39.0 Å². The smallest absolute Gasteiger partial charge is 0.276 e. The van der Waals surface area contributed by atoms with E-state index < -0.39 is 5.25 Å². The second-order valence-corrected chi connectivity index (χ2v) is 9.42. The van der Waals surface area contributed by atoms with E-state index in [9.17, 15) is 19.5 Å². The van der Waals surface area contributed by atoms with Crippen LogP contribution in [0.3, 0.4) is 0 Å². The number of nitrogens with zero attached hydrogens (tertiary/aromatic N) is 3. The maximum atomic E-state index is 13.3. The first kappa shape index (κ1) is 23.3. The number of amides is 3. The van der Waals surface area contributed by atoms with Crippen molar-refractivity contribution in [3.05, 3.63) is 83.9 Å². The molecule has 36 heavy (non-hydrogen) atoms. The summed E-state index contributed by atoms with van der Waals surface area (Å²) in [6, 6.07) is 20.6. The Kier molecular flexibility index (Phi) is 6.26. The second kappa shape index (κ2) is 9.67. The Morgan fingerprint density at radius 1 is 1.06 bits per heavy atom. The van der Waals surface area contributed by atoms with Crippen molar-refractivity contribution in [3.8, 4) is 5.75 Å². The number of aromatic hydroxyl groups is 1. The summed E-state index contributed by atoms with van der Waals surface area (Å²) in [5, 5.41) is 23.2. The molecule has 1 fully saturated rings. The number of nitrogens with one attached hydrogen (secondary N) is 2. The zero-order valence-electron chi connectivity index (χ0n) is 19.1. The van der Waals surface area contributed by atoms with Gasteiger partial charge < -0.3 is 15.7 Å². The van der Waals surface area contributed by atoms with Crippen LogP contribution in [-0.2, 0) is 14.4 Å². The average molecular weight is 500 g/mol. The third-order valence-electron chi connectivity index (χ3n) is 5.60. The molecule has 180 valence electrons. The van der Waals surface area contributed by atoms with E-state index in [2.05, 4.69) is 20.8 Å². The predicted octanol–water partition coefficient (Wildman–Crippen LogP) is 3.89. The highest BCUT2D eigenvalue weighted by Gasteiger charge is 2.40. The van der Waals surface area contributed by atoms with Crippen molar-refractivity contribution in [1.29, 1.82) is 0 Å². The fourth-order valence-electron chi connectivity index (χ4n) is 3.87. The summed E-state index contributed by atoms with van der Waals surface area (Å²) < 4.78 is 0. The van der Waals surface area contributed by atoms with E-state index in [-0.39, 0.29) is 40.8 Å². The zero-order chi connectivity index (χ0) is 25.2. The summed E-state index contributed by atoms with van der Waals surface area (Å²) in [4.78, 5) is 39.8. The van der Waals surface area contributed by atoms with Crippen LogP contribution in [0.5, 0.6) is 5.75 Å². The van der Waals surface area contributed by atoms with Crippen LogP contribution in [0, 0.1) is 6.92 Å². The standard InChI is InChI=1S/C26H21N5O4S/c1-15-7-12-20-19(13-15)23(24(34)28-20)29-30-26-31(17-8-10-18(32)11-9-17)25(35)21(36-26)14-22(33)27-16-5-3-2-4-6-16/h2-13,21,32H,14H2,1H3,(H,27,33)(H,28,29,34). The van der Waals surface area contributed by atoms with Crippen LogP contribution in [0.4, 0.5) is 17.1 Å². The lowest BCUT2D eigenvalue weighted by Gasteiger charge is -2.16. The average Bonchev–Trinajstić information content (AvgIpc) is 3.33. The van der Waals surface area contributed by atoms with Gasteiger partial charge in [0.1, 0.15) is 11.0 Å². The third kappa shape index (κ3) is 4.71. The van der Waals surface area contributed by atoms with Crippen molar-refractivity contribution in [2.24, 2.45) is 10.2 Å². The van der Waals surface area contributed by atoms with E-state index in [0.717, 1.165) is 17.3 Å². The van der Waals surface area contributed by atoms with Crippen molar-refractivity contribution in [3.63, 3.8) is 0 Å². The van der Waals surface area contributed by atoms with Gasteiger partial charge >= 0.3 is 0 Å². The highest BCUT2D eigenvalue weighted by atomic mass is 32.2. The summed E-state index contributed by atoms with van der Waals surface area (Å²) in [5.74, 6) is -1.00. The maximum Gasteiger partial charge on any atom is 0.276 e. The lowest BCUT2D eigenvalue weighted by molar-refractivity contribution is -0.121. The molecule has 0 bridgehead atoms. The molecule has 0 aromatic heterocycles. The Bertz CT molecular complexity index is 1420. The number of rotatable bonds is 5. The molecule has 0 aliphatic carbocycles. The Labute approximate surface area is 210 Å².